The second-order valence-corrected chi connectivity index (χ2v) is 11.0. The highest BCUT2D eigenvalue weighted by Crippen LogP contribution is 2.31. The molecule has 190 valence electrons. The lowest BCUT2D eigenvalue weighted by molar-refractivity contribution is 0.0893. The molecule has 1 saturated heterocycles. The van der Waals surface area contributed by atoms with Crippen LogP contribution in [0.3, 0.4) is 0 Å². The maximum Gasteiger partial charge on any atom is 0.255 e. The molecule has 36 heavy (non-hydrogen) atoms. The van der Waals surface area contributed by atoms with Crippen molar-refractivity contribution in [1.82, 2.24) is 19.7 Å². The highest BCUT2D eigenvalue weighted by atomic mass is 32.2. The number of hydrogen-bond acceptors (Lipinski definition) is 6. The van der Waals surface area contributed by atoms with Crippen molar-refractivity contribution in [3.63, 3.8) is 0 Å². The summed E-state index contributed by atoms with van der Waals surface area (Å²) in [5, 5.41) is 3.15. The van der Waals surface area contributed by atoms with Crippen LogP contribution in [0.15, 0.2) is 36.8 Å². The van der Waals surface area contributed by atoms with Crippen molar-refractivity contribution in [2.75, 3.05) is 11.5 Å². The maximum absolute atomic E-state index is 14.0. The van der Waals surface area contributed by atoms with Gasteiger partial charge in [0.05, 0.1) is 17.3 Å². The molecule has 4 heterocycles. The van der Waals surface area contributed by atoms with E-state index < -0.39 is 5.82 Å². The number of pyridine rings is 2. The number of nitrogens with zero attached hydrogens (tertiary/aromatic N) is 3. The van der Waals surface area contributed by atoms with Gasteiger partial charge in [-0.05, 0) is 81.1 Å². The summed E-state index contributed by atoms with van der Waals surface area (Å²) in [6.45, 7) is 1.95. The number of Topliss-reactive ketones (excluding diaryl/α,β-unsaturated/α-hetero) is 1. The Balaban J connectivity index is 1.17. The van der Waals surface area contributed by atoms with Crippen LogP contribution < -0.4 is 10.1 Å². The Morgan fingerprint density at radius 1 is 1.11 bits per heavy atom. The van der Waals surface area contributed by atoms with Gasteiger partial charge in [-0.2, -0.15) is 11.8 Å². The zero-order valence-electron chi connectivity index (χ0n) is 20.4. The minimum Gasteiger partial charge on any atom is -0.474 e. The van der Waals surface area contributed by atoms with Crippen molar-refractivity contribution in [1.29, 1.82) is 0 Å². The molecule has 0 unspecified atom stereocenters. The highest BCUT2D eigenvalue weighted by Gasteiger charge is 2.28. The number of ketones is 1. The summed E-state index contributed by atoms with van der Waals surface area (Å²) in [7, 11) is 0. The summed E-state index contributed by atoms with van der Waals surface area (Å²) in [6, 6.07) is 4.96. The predicted molar refractivity (Wildman–Crippen MR) is 137 cm³/mol. The maximum atomic E-state index is 14.0. The van der Waals surface area contributed by atoms with E-state index in [2.05, 4.69) is 15.3 Å². The second kappa shape index (κ2) is 11.0. The third-order valence-electron chi connectivity index (χ3n) is 7.19. The molecule has 2 fully saturated rings. The van der Waals surface area contributed by atoms with E-state index in [4.69, 9.17) is 4.74 Å². The van der Waals surface area contributed by atoms with E-state index in [1.165, 1.54) is 6.07 Å². The Kier molecular flexibility index (Phi) is 7.55. The Labute approximate surface area is 214 Å². The Bertz CT molecular complexity index is 1250. The van der Waals surface area contributed by atoms with Gasteiger partial charge in [0.25, 0.3) is 5.91 Å². The molecule has 1 saturated carbocycles. The van der Waals surface area contributed by atoms with Gasteiger partial charge in [-0.25, -0.2) is 14.4 Å². The largest absolute Gasteiger partial charge is 0.474 e. The fourth-order valence-corrected chi connectivity index (χ4v) is 6.19. The Hall–Kier alpha value is -2.94. The number of halogens is 1. The van der Waals surface area contributed by atoms with Gasteiger partial charge in [-0.15, -0.1) is 0 Å². The third-order valence-corrected chi connectivity index (χ3v) is 8.23. The molecular weight excluding hydrogens is 479 g/mol. The van der Waals surface area contributed by atoms with E-state index in [1.54, 1.807) is 12.3 Å². The number of carbonyl (C=O) groups excluding carboxylic acids is 2. The second-order valence-electron chi connectivity index (χ2n) is 9.77. The molecule has 1 aliphatic carbocycles. The lowest BCUT2D eigenvalue weighted by Crippen LogP contribution is -2.38. The minimum atomic E-state index is -0.529. The van der Waals surface area contributed by atoms with Gasteiger partial charge in [0, 0.05) is 30.6 Å². The topological polar surface area (TPSA) is 85.6 Å². The first-order chi connectivity index (χ1) is 17.5. The van der Waals surface area contributed by atoms with Gasteiger partial charge < -0.3 is 14.5 Å². The normalized spacial score (nSPS) is 20.8. The van der Waals surface area contributed by atoms with Crippen LogP contribution in [-0.2, 0) is 0 Å². The van der Waals surface area contributed by atoms with E-state index in [-0.39, 0.29) is 41.2 Å². The van der Waals surface area contributed by atoms with E-state index in [0.717, 1.165) is 61.9 Å². The molecule has 3 aromatic heterocycles. The van der Waals surface area contributed by atoms with Crippen LogP contribution in [0, 0.1) is 18.7 Å². The number of ether oxygens (including phenoxy) is 1. The third kappa shape index (κ3) is 5.56. The number of imidazole rings is 1. The molecular formula is C27H31FN4O3S. The zero-order valence-corrected chi connectivity index (χ0v) is 21.2. The van der Waals surface area contributed by atoms with Crippen molar-refractivity contribution < 1.29 is 18.7 Å². The number of carbonyl (C=O) groups is 2. The molecule has 1 aliphatic heterocycles. The van der Waals surface area contributed by atoms with Crippen LogP contribution in [0.4, 0.5) is 4.39 Å². The average molecular weight is 511 g/mol. The lowest BCUT2D eigenvalue weighted by atomic mass is 9.82. The van der Waals surface area contributed by atoms with Gasteiger partial charge in [0.15, 0.2) is 5.78 Å². The molecule has 3 aromatic rings. The molecule has 0 aromatic carbocycles. The molecule has 1 N–H and O–H groups in total. The van der Waals surface area contributed by atoms with Crippen LogP contribution in [0.2, 0.25) is 0 Å². The summed E-state index contributed by atoms with van der Waals surface area (Å²) in [5.74, 6) is 1.70. The van der Waals surface area contributed by atoms with Gasteiger partial charge >= 0.3 is 0 Å². The molecule has 5 rings (SSSR count). The van der Waals surface area contributed by atoms with E-state index in [9.17, 15) is 14.0 Å². The molecule has 0 bridgehead atoms. The number of nitrogens with one attached hydrogen (secondary N) is 1. The molecule has 2 aliphatic rings. The van der Waals surface area contributed by atoms with Crippen molar-refractivity contribution in [3.05, 3.63) is 59.4 Å². The number of aromatic nitrogens is 3. The van der Waals surface area contributed by atoms with Crippen molar-refractivity contribution in [2.24, 2.45) is 5.92 Å². The van der Waals surface area contributed by atoms with Gasteiger partial charge in [-0.1, -0.05) is 0 Å². The van der Waals surface area contributed by atoms with Crippen LogP contribution in [-0.4, -0.2) is 49.7 Å². The SMILES string of the molecule is Cc1cnc2c(C(=O)NC3CCC(CC(=O)c4cc(F)cnc4OC4CCSCC4)CC3)cccn12. The summed E-state index contributed by atoms with van der Waals surface area (Å²) in [4.78, 5) is 34.5. The van der Waals surface area contributed by atoms with Crippen LogP contribution >= 0.6 is 11.8 Å². The first-order valence-electron chi connectivity index (χ1n) is 12.6. The quantitative estimate of drug-likeness (QED) is 0.450. The van der Waals surface area contributed by atoms with Gasteiger partial charge in [0.2, 0.25) is 5.88 Å². The van der Waals surface area contributed by atoms with Crippen LogP contribution in [0.25, 0.3) is 5.65 Å². The molecule has 0 atom stereocenters. The molecule has 0 radical (unpaired) electrons. The fourth-order valence-electron chi connectivity index (χ4n) is 5.13. The number of rotatable bonds is 7. The van der Waals surface area contributed by atoms with Gasteiger partial charge in [-0.3, -0.25) is 9.59 Å². The predicted octanol–water partition coefficient (Wildman–Crippen LogP) is 5.01. The zero-order chi connectivity index (χ0) is 25.1. The van der Waals surface area contributed by atoms with Crippen molar-refractivity contribution in [3.8, 4) is 5.88 Å². The molecule has 0 spiro atoms. The Morgan fingerprint density at radius 3 is 2.67 bits per heavy atom. The number of fused-ring (bicyclic) bond motifs is 1. The van der Waals surface area contributed by atoms with Crippen LogP contribution in [0.5, 0.6) is 5.88 Å². The summed E-state index contributed by atoms with van der Waals surface area (Å²) >= 11 is 1.89. The van der Waals surface area contributed by atoms with E-state index >= 15 is 0 Å². The van der Waals surface area contributed by atoms with Crippen LogP contribution in [0.1, 0.15) is 71.4 Å². The summed E-state index contributed by atoms with van der Waals surface area (Å²) in [6.07, 6.45) is 10.2. The number of hydrogen-bond donors (Lipinski definition) is 1. The van der Waals surface area contributed by atoms with E-state index in [0.29, 0.717) is 17.6 Å². The lowest BCUT2D eigenvalue weighted by Gasteiger charge is -2.29. The first kappa shape index (κ1) is 24.7. The standard InChI is InChI=1S/C27H31FN4O3S/c1-17-15-29-25-22(3-2-10-32(17)25)26(34)31-20-6-4-18(5-7-20)13-24(33)23-14-19(28)16-30-27(23)35-21-8-11-36-12-9-21/h2-3,10,14-16,18,20-21H,4-9,11-13H2,1H3,(H,31,34). The monoisotopic (exact) mass is 510 g/mol. The minimum absolute atomic E-state index is 0.0200. The van der Waals surface area contributed by atoms with Crippen molar-refractivity contribution in [2.45, 2.75) is 64.0 Å². The average Bonchev–Trinajstić information content (AvgIpc) is 3.27. The summed E-state index contributed by atoms with van der Waals surface area (Å²) in [5.41, 5.74) is 2.43. The summed E-state index contributed by atoms with van der Waals surface area (Å²) < 4.78 is 21.9. The molecule has 9 heteroatoms. The smallest absolute Gasteiger partial charge is 0.255 e. The van der Waals surface area contributed by atoms with E-state index in [1.807, 2.05) is 35.3 Å². The Morgan fingerprint density at radius 2 is 1.89 bits per heavy atom. The number of thioether (sulfide) groups is 1. The number of amides is 1. The molecule has 1 amide bonds. The highest BCUT2D eigenvalue weighted by molar-refractivity contribution is 7.99. The van der Waals surface area contributed by atoms with Gasteiger partial charge in [0.1, 0.15) is 17.6 Å². The first-order valence-corrected chi connectivity index (χ1v) is 13.8. The number of aryl methyl sites for hydroxylation is 1. The molecule has 7 nitrogen and oxygen atoms in total. The van der Waals surface area contributed by atoms with Crippen molar-refractivity contribution >= 4 is 29.1 Å². The fraction of sp³-hybridized carbons (Fsp3) is 0.481.